The number of para-hydroxylation sites is 14. The SMILES string of the molecule is c1ccc2c(c1)nc1[nH]c3ccccc3n12.c1ccc2c(c1)nc1[se]c3ccccc3n12.c1ccc2c(c1)nc1oc3ccccc3n12.c1ccc2c(c1)nc1sc3ccccc3n12. The number of aromatic nitrogens is 9. The molecule has 0 unspecified atom stereocenters. The number of benzene rings is 8. The van der Waals surface area contributed by atoms with E-state index in [0.717, 1.165) is 60.5 Å². The maximum Gasteiger partial charge on any atom is 0.307 e. The summed E-state index contributed by atoms with van der Waals surface area (Å²) < 4.78 is 18.4. The molecule has 0 radical (unpaired) electrons. The average Bonchev–Trinajstić information content (AvgIpc) is 4.21. The number of oxazole rings is 1. The number of H-pyrrole nitrogens is 1. The van der Waals surface area contributed by atoms with Gasteiger partial charge in [-0.25, -0.2) is 9.97 Å². The van der Waals surface area contributed by atoms with E-state index in [0.29, 0.717) is 20.3 Å². The first-order valence-electron chi connectivity index (χ1n) is 20.8. The first-order chi connectivity index (χ1) is 31.7. The molecule has 0 saturated carbocycles. The fourth-order valence-electron chi connectivity index (χ4n) is 8.64. The number of nitrogens with one attached hydrogen (secondary N) is 1. The fourth-order valence-corrected chi connectivity index (χ4v) is 11.9. The van der Waals surface area contributed by atoms with Crippen LogP contribution in [0, 0.1) is 0 Å². The Labute approximate surface area is 372 Å². The third-order valence-electron chi connectivity index (χ3n) is 11.5. The number of thiazole rings is 1. The van der Waals surface area contributed by atoms with E-state index in [1.165, 1.54) is 41.1 Å². The van der Waals surface area contributed by atoms with Crippen LogP contribution in [0.15, 0.2) is 199 Å². The van der Waals surface area contributed by atoms with Gasteiger partial charge in [-0.3, -0.25) is 13.2 Å². The van der Waals surface area contributed by atoms with Crippen LogP contribution >= 0.6 is 11.3 Å². The Morgan fingerprint density at radius 3 is 1.67 bits per heavy atom. The van der Waals surface area contributed by atoms with Gasteiger partial charge in [-0.2, -0.15) is 4.98 Å². The molecule has 0 aliphatic heterocycles. The third-order valence-corrected chi connectivity index (χ3v) is 14.6. The van der Waals surface area contributed by atoms with Gasteiger partial charge in [-0.1, -0.05) is 84.1 Å². The number of rotatable bonds is 0. The molecule has 64 heavy (non-hydrogen) atoms. The van der Waals surface area contributed by atoms with Crippen molar-refractivity contribution in [2.24, 2.45) is 0 Å². The van der Waals surface area contributed by atoms with E-state index < -0.39 is 0 Å². The summed E-state index contributed by atoms with van der Waals surface area (Å²) in [6, 6.07) is 66.1. The Balaban J connectivity index is 0.0000000860. The summed E-state index contributed by atoms with van der Waals surface area (Å²) in [5.74, 6) is 1.56. The van der Waals surface area contributed by atoms with Crippen LogP contribution in [-0.4, -0.2) is 57.0 Å². The molecule has 304 valence electrons. The topological polar surface area (TPSA) is 98.1 Å². The Morgan fingerprint density at radius 1 is 0.406 bits per heavy atom. The number of hydrogen-bond acceptors (Lipinski definition) is 6. The molecule has 12 heteroatoms. The van der Waals surface area contributed by atoms with Gasteiger partial charge in [0.15, 0.2) is 10.5 Å². The second-order valence-corrected chi connectivity index (χ2v) is 18.4. The van der Waals surface area contributed by atoms with Crippen molar-refractivity contribution in [2.45, 2.75) is 0 Å². The van der Waals surface area contributed by atoms with Crippen LogP contribution in [-0.2, 0) is 0 Å². The monoisotopic (exact) mass is 911 g/mol. The molecule has 8 heterocycles. The average molecular weight is 911 g/mol. The van der Waals surface area contributed by atoms with Gasteiger partial charge in [-0.15, -0.1) is 0 Å². The summed E-state index contributed by atoms with van der Waals surface area (Å²) in [4.78, 5) is 22.7. The molecule has 0 aliphatic carbocycles. The van der Waals surface area contributed by atoms with Crippen molar-refractivity contribution in [3.05, 3.63) is 194 Å². The minimum Gasteiger partial charge on any atom is -0.423 e. The Bertz CT molecular complexity index is 3540. The summed E-state index contributed by atoms with van der Waals surface area (Å²) >= 11 is 2.10. The van der Waals surface area contributed by atoms with Crippen molar-refractivity contribution in [3.63, 3.8) is 0 Å². The van der Waals surface area contributed by atoms with Crippen LogP contribution in [0.2, 0.25) is 0 Å². The molecule has 0 spiro atoms. The second kappa shape index (κ2) is 14.8. The number of imidazole rings is 5. The van der Waals surface area contributed by atoms with Gasteiger partial charge < -0.3 is 9.40 Å². The number of aromatic amines is 1. The van der Waals surface area contributed by atoms with Crippen LogP contribution in [0.3, 0.4) is 0 Å². The summed E-state index contributed by atoms with van der Waals surface area (Å²) in [6.45, 7) is 0. The van der Waals surface area contributed by atoms with Gasteiger partial charge in [0.1, 0.15) is 0 Å². The van der Waals surface area contributed by atoms with E-state index in [1.807, 2.05) is 89.3 Å². The summed E-state index contributed by atoms with van der Waals surface area (Å²) in [5.41, 5.74) is 15.6. The molecule has 0 atom stereocenters. The van der Waals surface area contributed by atoms with E-state index in [4.69, 9.17) is 9.40 Å². The largest absolute Gasteiger partial charge is 0.423 e. The molecule has 16 aromatic rings. The van der Waals surface area contributed by atoms with Gasteiger partial charge >= 0.3 is 104 Å². The standard InChI is InChI=1S/C13H9N3.C13H8N2O.C13H8N2S.C13H8N2Se/c1-3-7-11-9(5-1)14-13-15-10-6-2-4-8-12(10)16(11)13;3*1-2-6-10-9(5-1)14-13-15(10)11-7-3-4-8-12(11)16-13/h1-8H,(H,14,15);3*1-8H. The van der Waals surface area contributed by atoms with Crippen LogP contribution in [0.4, 0.5) is 0 Å². The fraction of sp³-hybridized carbons (Fsp3) is 0. The molecule has 8 aromatic carbocycles. The smallest absolute Gasteiger partial charge is 0.307 e. The van der Waals surface area contributed by atoms with Crippen molar-refractivity contribution in [1.29, 1.82) is 0 Å². The maximum atomic E-state index is 5.69. The molecule has 1 N–H and O–H groups in total. The molecule has 0 bridgehead atoms. The second-order valence-electron chi connectivity index (χ2n) is 15.3. The van der Waals surface area contributed by atoms with Crippen LogP contribution < -0.4 is 0 Å². The Kier molecular flexibility index (Phi) is 8.48. The molecule has 0 amide bonds. The maximum absolute atomic E-state index is 5.69. The minimum absolute atomic E-state index is 0.357. The molecule has 0 fully saturated rings. The van der Waals surface area contributed by atoms with Gasteiger partial charge in [0.25, 0.3) is 0 Å². The van der Waals surface area contributed by atoms with Crippen LogP contribution in [0.5, 0.6) is 0 Å². The quantitative estimate of drug-likeness (QED) is 0.153. The van der Waals surface area contributed by atoms with E-state index in [-0.39, 0.29) is 0 Å². The number of fused-ring (bicyclic) bond motifs is 20. The van der Waals surface area contributed by atoms with Crippen LogP contribution in [0.1, 0.15) is 0 Å². The zero-order valence-electron chi connectivity index (χ0n) is 33.8. The number of hydrogen-bond donors (Lipinski definition) is 1. The summed E-state index contributed by atoms with van der Waals surface area (Å²) in [5, 5.41) is 0. The van der Waals surface area contributed by atoms with Gasteiger partial charge in [0.05, 0.1) is 59.9 Å². The zero-order chi connectivity index (χ0) is 42.1. The molecule has 0 aliphatic rings. The zero-order valence-corrected chi connectivity index (χ0v) is 36.3. The molecule has 0 saturated heterocycles. The predicted molar refractivity (Wildman–Crippen MR) is 262 cm³/mol. The van der Waals surface area contributed by atoms with E-state index in [9.17, 15) is 0 Å². The van der Waals surface area contributed by atoms with Crippen LogP contribution in [0.25, 0.3) is 107 Å². The normalized spacial score (nSPS) is 11.8. The Morgan fingerprint density at radius 2 is 0.922 bits per heavy atom. The molecular weight excluding hydrogens is 878 g/mol. The van der Waals surface area contributed by atoms with Crippen molar-refractivity contribution in [3.8, 4) is 0 Å². The molecule has 8 aromatic heterocycles. The van der Waals surface area contributed by atoms with Crippen molar-refractivity contribution in [2.75, 3.05) is 0 Å². The third kappa shape index (κ3) is 5.92. The number of nitrogens with zero attached hydrogens (tertiary/aromatic N) is 8. The predicted octanol–water partition coefficient (Wildman–Crippen LogP) is 12.6. The first-order valence-corrected chi connectivity index (χ1v) is 23.3. The molecule has 10 nitrogen and oxygen atoms in total. The Hall–Kier alpha value is -8.02. The van der Waals surface area contributed by atoms with E-state index >= 15 is 0 Å². The van der Waals surface area contributed by atoms with Crippen molar-refractivity contribution < 1.29 is 4.42 Å². The molecule has 16 rings (SSSR count). The van der Waals surface area contributed by atoms with E-state index in [2.05, 4.69) is 142 Å². The van der Waals surface area contributed by atoms with Gasteiger partial charge in [0.2, 0.25) is 5.78 Å². The van der Waals surface area contributed by atoms with Gasteiger partial charge in [-0.05, 0) is 72.8 Å². The first kappa shape index (κ1) is 36.6. The van der Waals surface area contributed by atoms with Gasteiger partial charge in [0, 0.05) is 0 Å². The molecular formula is C52H33N9OSSe. The summed E-state index contributed by atoms with van der Waals surface area (Å²) in [7, 11) is 0. The van der Waals surface area contributed by atoms with Crippen molar-refractivity contribution in [1.82, 2.24) is 42.5 Å². The van der Waals surface area contributed by atoms with E-state index in [1.54, 1.807) is 11.3 Å². The minimum atomic E-state index is 0.357. The summed E-state index contributed by atoms with van der Waals surface area (Å²) in [6.07, 6.45) is 0. The van der Waals surface area contributed by atoms with Crippen molar-refractivity contribution >= 4 is 133 Å².